The van der Waals surface area contributed by atoms with E-state index in [9.17, 15) is 0 Å². The molecule has 4 nitrogen and oxygen atoms in total. The van der Waals surface area contributed by atoms with E-state index < -0.39 is 0 Å². The highest BCUT2D eigenvalue weighted by atomic mass is 16.5. The molecule has 0 aliphatic carbocycles. The molecule has 1 rings (SSSR count). The molecule has 1 unspecified atom stereocenters. The van der Waals surface area contributed by atoms with Crippen LogP contribution in [0.15, 0.2) is 0 Å². The van der Waals surface area contributed by atoms with Gasteiger partial charge in [0.05, 0.1) is 12.7 Å². The first-order chi connectivity index (χ1) is 8.63. The van der Waals surface area contributed by atoms with Crippen LogP contribution in [0.3, 0.4) is 0 Å². The van der Waals surface area contributed by atoms with Crippen LogP contribution in [0.25, 0.3) is 0 Å². The molecule has 1 atom stereocenters. The predicted octanol–water partition coefficient (Wildman–Crippen LogP) is 1.03. The molecule has 1 saturated heterocycles. The fraction of sp³-hybridized carbons (Fsp3) is 1.00. The van der Waals surface area contributed by atoms with Gasteiger partial charge in [-0.25, -0.2) is 0 Å². The summed E-state index contributed by atoms with van der Waals surface area (Å²) in [6.45, 7) is 10.9. The van der Waals surface area contributed by atoms with Crippen LogP contribution in [0.1, 0.15) is 26.7 Å². The van der Waals surface area contributed by atoms with Crippen molar-refractivity contribution < 1.29 is 4.74 Å². The second-order valence-electron chi connectivity index (χ2n) is 5.56. The summed E-state index contributed by atoms with van der Waals surface area (Å²) in [6, 6.07) is 0.599. The van der Waals surface area contributed by atoms with Gasteiger partial charge < -0.3 is 15.0 Å². The van der Waals surface area contributed by atoms with Crippen LogP contribution in [-0.2, 0) is 4.74 Å². The van der Waals surface area contributed by atoms with Gasteiger partial charge in [-0.05, 0) is 53.5 Å². The lowest BCUT2D eigenvalue weighted by Crippen LogP contribution is -2.42. The van der Waals surface area contributed by atoms with Crippen molar-refractivity contribution in [3.05, 3.63) is 0 Å². The lowest BCUT2D eigenvalue weighted by molar-refractivity contribution is 0.0143. The summed E-state index contributed by atoms with van der Waals surface area (Å²) in [5, 5.41) is 3.37. The van der Waals surface area contributed by atoms with E-state index in [1.807, 2.05) is 0 Å². The molecule has 1 aliphatic rings. The van der Waals surface area contributed by atoms with Crippen molar-refractivity contribution in [1.29, 1.82) is 0 Å². The number of nitrogens with zero attached hydrogens (tertiary/aromatic N) is 2. The molecule has 0 aromatic rings. The standard InChI is InChI=1S/C14H31N3O/c1-5-17(13(2)12-16(3)4)10-11-18-14-6-8-15-9-7-14/h13-15H,5-12H2,1-4H3. The van der Waals surface area contributed by atoms with Crippen LogP contribution in [0.4, 0.5) is 0 Å². The van der Waals surface area contributed by atoms with E-state index in [1.165, 1.54) is 12.8 Å². The van der Waals surface area contributed by atoms with E-state index in [1.54, 1.807) is 0 Å². The zero-order valence-electron chi connectivity index (χ0n) is 12.6. The summed E-state index contributed by atoms with van der Waals surface area (Å²) < 4.78 is 5.98. The summed E-state index contributed by atoms with van der Waals surface area (Å²) in [6.07, 6.45) is 2.81. The molecular weight excluding hydrogens is 226 g/mol. The Morgan fingerprint density at radius 2 is 1.94 bits per heavy atom. The molecule has 1 aliphatic heterocycles. The number of hydrogen-bond donors (Lipinski definition) is 1. The third-order valence-corrected chi connectivity index (χ3v) is 3.68. The fourth-order valence-corrected chi connectivity index (χ4v) is 2.63. The van der Waals surface area contributed by atoms with E-state index in [-0.39, 0.29) is 0 Å². The maximum atomic E-state index is 5.98. The minimum absolute atomic E-state index is 0.481. The second-order valence-corrected chi connectivity index (χ2v) is 5.56. The first-order valence-electron chi connectivity index (χ1n) is 7.34. The Bertz CT molecular complexity index is 205. The average Bonchev–Trinajstić information content (AvgIpc) is 2.35. The van der Waals surface area contributed by atoms with E-state index in [0.717, 1.165) is 39.3 Å². The quantitative estimate of drug-likeness (QED) is 0.703. The zero-order chi connectivity index (χ0) is 13.4. The maximum absolute atomic E-state index is 5.98. The fourth-order valence-electron chi connectivity index (χ4n) is 2.63. The molecule has 0 aromatic carbocycles. The second kappa shape index (κ2) is 8.86. The summed E-state index contributed by atoms with van der Waals surface area (Å²) in [5.74, 6) is 0. The van der Waals surface area contributed by atoms with Crippen molar-refractivity contribution in [3.8, 4) is 0 Å². The van der Waals surface area contributed by atoms with Gasteiger partial charge in [0, 0.05) is 19.1 Å². The lowest BCUT2D eigenvalue weighted by atomic mass is 10.1. The average molecular weight is 257 g/mol. The van der Waals surface area contributed by atoms with Crippen molar-refractivity contribution in [3.63, 3.8) is 0 Å². The lowest BCUT2D eigenvalue weighted by Gasteiger charge is -2.31. The number of nitrogens with one attached hydrogen (secondary N) is 1. The normalized spacial score (nSPS) is 19.7. The van der Waals surface area contributed by atoms with E-state index >= 15 is 0 Å². The molecule has 0 bridgehead atoms. The van der Waals surface area contributed by atoms with Gasteiger partial charge >= 0.3 is 0 Å². The van der Waals surface area contributed by atoms with Crippen molar-refractivity contribution in [2.75, 3.05) is 53.4 Å². The molecule has 1 heterocycles. The van der Waals surface area contributed by atoms with Gasteiger partial charge in [0.1, 0.15) is 0 Å². The third-order valence-electron chi connectivity index (χ3n) is 3.68. The molecular formula is C14H31N3O. The molecule has 0 radical (unpaired) electrons. The number of hydrogen-bond acceptors (Lipinski definition) is 4. The Kier molecular flexibility index (Phi) is 7.82. The number of piperidine rings is 1. The maximum Gasteiger partial charge on any atom is 0.0600 e. The monoisotopic (exact) mass is 257 g/mol. The minimum atomic E-state index is 0.481. The van der Waals surface area contributed by atoms with E-state index in [4.69, 9.17) is 4.74 Å². The molecule has 1 fully saturated rings. The Balaban J connectivity index is 2.17. The summed E-state index contributed by atoms with van der Waals surface area (Å²) >= 11 is 0. The molecule has 0 spiro atoms. The van der Waals surface area contributed by atoms with Crippen LogP contribution in [0, 0.1) is 0 Å². The van der Waals surface area contributed by atoms with Crippen LogP contribution in [0.5, 0.6) is 0 Å². The Labute approximate surface area is 113 Å². The van der Waals surface area contributed by atoms with Gasteiger partial charge in [-0.2, -0.15) is 0 Å². The molecule has 0 saturated carbocycles. The van der Waals surface area contributed by atoms with Crippen molar-refractivity contribution >= 4 is 0 Å². The van der Waals surface area contributed by atoms with Crippen molar-refractivity contribution in [1.82, 2.24) is 15.1 Å². The first kappa shape index (κ1) is 15.9. The van der Waals surface area contributed by atoms with E-state index in [0.29, 0.717) is 12.1 Å². The zero-order valence-corrected chi connectivity index (χ0v) is 12.6. The van der Waals surface area contributed by atoms with Crippen LogP contribution < -0.4 is 5.32 Å². The highest BCUT2D eigenvalue weighted by Gasteiger charge is 2.15. The molecule has 18 heavy (non-hydrogen) atoms. The van der Waals surface area contributed by atoms with Gasteiger partial charge in [-0.15, -0.1) is 0 Å². The molecule has 0 amide bonds. The Morgan fingerprint density at radius 3 is 2.50 bits per heavy atom. The van der Waals surface area contributed by atoms with Crippen LogP contribution in [0.2, 0.25) is 0 Å². The van der Waals surface area contributed by atoms with Gasteiger partial charge in [0.25, 0.3) is 0 Å². The summed E-state index contributed by atoms with van der Waals surface area (Å²) in [5.41, 5.74) is 0. The molecule has 0 aromatic heterocycles. The van der Waals surface area contributed by atoms with Gasteiger partial charge in [-0.1, -0.05) is 6.92 Å². The topological polar surface area (TPSA) is 27.7 Å². The van der Waals surface area contributed by atoms with Gasteiger partial charge in [-0.3, -0.25) is 4.90 Å². The highest BCUT2D eigenvalue weighted by Crippen LogP contribution is 2.07. The Morgan fingerprint density at radius 1 is 1.28 bits per heavy atom. The number of likely N-dealkylation sites (N-methyl/N-ethyl adjacent to an activating group) is 2. The van der Waals surface area contributed by atoms with Gasteiger partial charge in [0.15, 0.2) is 0 Å². The van der Waals surface area contributed by atoms with Gasteiger partial charge in [0.2, 0.25) is 0 Å². The number of rotatable bonds is 8. The predicted molar refractivity (Wildman–Crippen MR) is 77.1 cm³/mol. The Hall–Kier alpha value is -0.160. The van der Waals surface area contributed by atoms with Crippen molar-refractivity contribution in [2.24, 2.45) is 0 Å². The first-order valence-corrected chi connectivity index (χ1v) is 7.34. The summed E-state index contributed by atoms with van der Waals surface area (Å²) in [7, 11) is 4.27. The van der Waals surface area contributed by atoms with Crippen LogP contribution >= 0.6 is 0 Å². The molecule has 108 valence electrons. The summed E-state index contributed by atoms with van der Waals surface area (Å²) in [4.78, 5) is 4.75. The third kappa shape index (κ3) is 6.14. The SMILES string of the molecule is CCN(CCOC1CCNCC1)C(C)CN(C)C. The van der Waals surface area contributed by atoms with Crippen LogP contribution in [-0.4, -0.2) is 75.4 Å². The molecule has 4 heteroatoms. The smallest absolute Gasteiger partial charge is 0.0600 e. The largest absolute Gasteiger partial charge is 0.377 e. The van der Waals surface area contributed by atoms with E-state index in [2.05, 4.69) is 43.1 Å². The molecule has 1 N–H and O–H groups in total. The number of ether oxygens (including phenoxy) is 1. The van der Waals surface area contributed by atoms with Crippen molar-refractivity contribution in [2.45, 2.75) is 38.8 Å². The minimum Gasteiger partial charge on any atom is -0.377 e. The highest BCUT2D eigenvalue weighted by molar-refractivity contribution is 4.70.